The molecule has 0 aromatic rings. The van der Waals surface area contributed by atoms with Crippen LogP contribution in [0.15, 0.2) is 0 Å². The van der Waals surface area contributed by atoms with Crippen LogP contribution in [-0.4, -0.2) is 36.8 Å². The summed E-state index contributed by atoms with van der Waals surface area (Å²) in [6.45, 7) is 1.99. The molecule has 1 rings (SSSR count). The summed E-state index contributed by atoms with van der Waals surface area (Å²) in [6, 6.07) is -0.106. The van der Waals surface area contributed by atoms with E-state index in [0.29, 0.717) is 13.1 Å². The molecule has 2 nitrogen and oxygen atoms in total. The van der Waals surface area contributed by atoms with Gasteiger partial charge in [0.05, 0.1) is 6.54 Å². The molecule has 1 aliphatic heterocycles. The average molecular weight is 247 g/mol. The van der Waals surface area contributed by atoms with Crippen LogP contribution in [0.4, 0.5) is 13.2 Å². The number of piperidine rings is 1. The van der Waals surface area contributed by atoms with Crippen molar-refractivity contribution in [3.8, 4) is 0 Å². The molecule has 2 unspecified atom stereocenters. The van der Waals surface area contributed by atoms with Gasteiger partial charge in [0, 0.05) is 12.6 Å². The highest BCUT2D eigenvalue weighted by Gasteiger charge is 2.36. The molecule has 0 radical (unpaired) electrons. The molecule has 0 amide bonds. The van der Waals surface area contributed by atoms with E-state index >= 15 is 0 Å². The molecular formula is C9H18ClF3N2. The third-order valence-corrected chi connectivity index (χ3v) is 2.85. The van der Waals surface area contributed by atoms with Gasteiger partial charge in [-0.15, -0.1) is 12.4 Å². The molecule has 0 aromatic carbocycles. The number of hydrogen-bond donors (Lipinski definition) is 1. The van der Waals surface area contributed by atoms with Crippen LogP contribution in [0, 0.1) is 5.92 Å². The number of likely N-dealkylation sites (tertiary alicyclic amines) is 1. The maximum atomic E-state index is 12.2. The molecule has 0 bridgehead atoms. The van der Waals surface area contributed by atoms with Crippen LogP contribution in [0.5, 0.6) is 0 Å². The standard InChI is InChI=1S/C9H17F3N2.ClH/c1-7-3-2-4-14(8(7)5-13)6-9(10,11)12;/h7-8H,2-6,13H2,1H3;1H. The van der Waals surface area contributed by atoms with Gasteiger partial charge >= 0.3 is 6.18 Å². The zero-order valence-corrected chi connectivity index (χ0v) is 9.57. The Bertz CT molecular complexity index is 187. The van der Waals surface area contributed by atoms with Crippen molar-refractivity contribution in [2.24, 2.45) is 11.7 Å². The summed E-state index contributed by atoms with van der Waals surface area (Å²) in [5.74, 6) is 0.274. The van der Waals surface area contributed by atoms with Crippen molar-refractivity contribution in [2.45, 2.75) is 32.0 Å². The van der Waals surface area contributed by atoms with Crippen LogP contribution >= 0.6 is 12.4 Å². The van der Waals surface area contributed by atoms with E-state index in [-0.39, 0.29) is 24.4 Å². The second-order valence-electron chi connectivity index (χ2n) is 4.01. The van der Waals surface area contributed by atoms with Gasteiger partial charge in [-0.25, -0.2) is 0 Å². The summed E-state index contributed by atoms with van der Waals surface area (Å²) in [6.07, 6.45) is -2.28. The molecule has 92 valence electrons. The third kappa shape index (κ3) is 4.57. The summed E-state index contributed by atoms with van der Waals surface area (Å²) < 4.78 is 36.6. The van der Waals surface area contributed by atoms with Gasteiger partial charge < -0.3 is 5.73 Å². The number of rotatable bonds is 2. The van der Waals surface area contributed by atoms with Gasteiger partial charge in [0.15, 0.2) is 0 Å². The first kappa shape index (κ1) is 15.0. The highest BCUT2D eigenvalue weighted by Crippen LogP contribution is 2.26. The summed E-state index contributed by atoms with van der Waals surface area (Å²) >= 11 is 0. The van der Waals surface area contributed by atoms with E-state index in [0.717, 1.165) is 12.8 Å². The minimum Gasteiger partial charge on any atom is -0.329 e. The Morgan fingerprint density at radius 3 is 2.47 bits per heavy atom. The van der Waals surface area contributed by atoms with Crippen LogP contribution < -0.4 is 5.73 Å². The van der Waals surface area contributed by atoms with Crippen molar-refractivity contribution in [2.75, 3.05) is 19.6 Å². The normalized spacial score (nSPS) is 28.6. The first-order valence-electron chi connectivity index (χ1n) is 4.95. The second kappa shape index (κ2) is 5.92. The minimum atomic E-state index is -4.11. The van der Waals surface area contributed by atoms with E-state index in [1.165, 1.54) is 4.90 Å². The van der Waals surface area contributed by atoms with E-state index in [2.05, 4.69) is 0 Å². The summed E-state index contributed by atoms with van der Waals surface area (Å²) in [5.41, 5.74) is 5.49. The minimum absolute atomic E-state index is 0. The molecule has 0 spiro atoms. The molecular weight excluding hydrogens is 229 g/mol. The average Bonchev–Trinajstić information content (AvgIpc) is 2.01. The van der Waals surface area contributed by atoms with E-state index in [9.17, 15) is 13.2 Å². The van der Waals surface area contributed by atoms with E-state index in [1.54, 1.807) is 0 Å². The topological polar surface area (TPSA) is 29.3 Å². The fourth-order valence-corrected chi connectivity index (χ4v) is 2.14. The zero-order valence-electron chi connectivity index (χ0n) is 8.76. The highest BCUT2D eigenvalue weighted by atomic mass is 35.5. The van der Waals surface area contributed by atoms with Gasteiger partial charge in [-0.2, -0.15) is 13.2 Å². The van der Waals surface area contributed by atoms with Crippen LogP contribution in [0.2, 0.25) is 0 Å². The molecule has 6 heteroatoms. The lowest BCUT2D eigenvalue weighted by Gasteiger charge is -2.39. The Morgan fingerprint density at radius 1 is 1.40 bits per heavy atom. The largest absolute Gasteiger partial charge is 0.401 e. The maximum absolute atomic E-state index is 12.2. The van der Waals surface area contributed by atoms with Crippen molar-refractivity contribution in [3.05, 3.63) is 0 Å². The van der Waals surface area contributed by atoms with Crippen molar-refractivity contribution >= 4 is 12.4 Å². The Kier molecular flexibility index (Phi) is 5.92. The SMILES string of the molecule is CC1CCCN(CC(F)(F)F)C1CN.Cl. The monoisotopic (exact) mass is 246 g/mol. The highest BCUT2D eigenvalue weighted by molar-refractivity contribution is 5.85. The Hall–Kier alpha value is 0. The lowest BCUT2D eigenvalue weighted by atomic mass is 9.91. The number of hydrogen-bond acceptors (Lipinski definition) is 2. The fourth-order valence-electron chi connectivity index (χ4n) is 2.14. The van der Waals surface area contributed by atoms with Gasteiger partial charge in [-0.1, -0.05) is 6.92 Å². The van der Waals surface area contributed by atoms with Gasteiger partial charge in [0.25, 0.3) is 0 Å². The molecule has 1 saturated heterocycles. The van der Waals surface area contributed by atoms with E-state index in [1.807, 2.05) is 6.92 Å². The number of nitrogens with two attached hydrogens (primary N) is 1. The van der Waals surface area contributed by atoms with Crippen molar-refractivity contribution in [3.63, 3.8) is 0 Å². The quantitative estimate of drug-likeness (QED) is 0.808. The number of nitrogens with zero attached hydrogens (tertiary/aromatic N) is 1. The molecule has 0 saturated carbocycles. The van der Waals surface area contributed by atoms with Crippen LogP contribution in [0.3, 0.4) is 0 Å². The lowest BCUT2D eigenvalue weighted by Crippen LogP contribution is -2.51. The predicted octanol–water partition coefficient (Wildman–Crippen LogP) is 2.03. The van der Waals surface area contributed by atoms with Crippen molar-refractivity contribution < 1.29 is 13.2 Å². The number of alkyl halides is 3. The zero-order chi connectivity index (χ0) is 10.8. The lowest BCUT2D eigenvalue weighted by molar-refractivity contribution is -0.155. The predicted molar refractivity (Wildman–Crippen MR) is 56.1 cm³/mol. The third-order valence-electron chi connectivity index (χ3n) is 2.85. The molecule has 2 N–H and O–H groups in total. The molecule has 1 fully saturated rings. The van der Waals surface area contributed by atoms with Gasteiger partial charge in [-0.3, -0.25) is 4.90 Å². The molecule has 0 aromatic heterocycles. The summed E-state index contributed by atoms with van der Waals surface area (Å²) in [5, 5.41) is 0. The number of halogens is 4. The molecule has 1 heterocycles. The van der Waals surface area contributed by atoms with Gasteiger partial charge in [-0.05, 0) is 25.3 Å². The van der Waals surface area contributed by atoms with E-state index in [4.69, 9.17) is 5.73 Å². The summed E-state index contributed by atoms with van der Waals surface area (Å²) in [7, 11) is 0. The molecule has 2 atom stereocenters. The molecule has 15 heavy (non-hydrogen) atoms. The summed E-state index contributed by atoms with van der Waals surface area (Å²) in [4.78, 5) is 1.47. The first-order chi connectivity index (χ1) is 6.44. The maximum Gasteiger partial charge on any atom is 0.401 e. The smallest absolute Gasteiger partial charge is 0.329 e. The first-order valence-corrected chi connectivity index (χ1v) is 4.95. The van der Waals surface area contributed by atoms with E-state index < -0.39 is 12.7 Å². The Labute approximate surface area is 94.4 Å². The van der Waals surface area contributed by atoms with Crippen molar-refractivity contribution in [1.29, 1.82) is 0 Å². The Morgan fingerprint density at radius 2 is 2.00 bits per heavy atom. The molecule has 1 aliphatic rings. The van der Waals surface area contributed by atoms with Crippen LogP contribution in [0.1, 0.15) is 19.8 Å². The van der Waals surface area contributed by atoms with Crippen LogP contribution in [-0.2, 0) is 0 Å². The van der Waals surface area contributed by atoms with Crippen molar-refractivity contribution in [1.82, 2.24) is 4.90 Å². The molecule has 0 aliphatic carbocycles. The fraction of sp³-hybridized carbons (Fsp3) is 1.00. The Balaban J connectivity index is 0.00000196. The van der Waals surface area contributed by atoms with Gasteiger partial charge in [0.2, 0.25) is 0 Å². The second-order valence-corrected chi connectivity index (χ2v) is 4.01. The van der Waals surface area contributed by atoms with Gasteiger partial charge in [0.1, 0.15) is 0 Å². The van der Waals surface area contributed by atoms with Crippen LogP contribution in [0.25, 0.3) is 0 Å².